The van der Waals surface area contributed by atoms with E-state index in [1.807, 2.05) is 31.2 Å². The maximum atomic E-state index is 12.2. The van der Waals surface area contributed by atoms with E-state index in [0.29, 0.717) is 11.3 Å². The Kier molecular flexibility index (Phi) is 6.06. The second kappa shape index (κ2) is 8.24. The Hall–Kier alpha value is -2.95. The van der Waals surface area contributed by atoms with Gasteiger partial charge in [-0.05, 0) is 38.5 Å². The van der Waals surface area contributed by atoms with E-state index in [0.717, 1.165) is 11.1 Å². The molecule has 2 aromatic carbocycles. The van der Waals surface area contributed by atoms with Crippen molar-refractivity contribution in [3.8, 4) is 0 Å². The van der Waals surface area contributed by atoms with Gasteiger partial charge in [-0.25, -0.2) is 0 Å². The van der Waals surface area contributed by atoms with E-state index in [9.17, 15) is 14.4 Å². The normalized spacial score (nSPS) is 11.5. The molecule has 0 aromatic heterocycles. The molecule has 25 heavy (non-hydrogen) atoms. The lowest BCUT2D eigenvalue weighted by Crippen LogP contribution is -2.31. The average molecular weight is 339 g/mol. The minimum absolute atomic E-state index is 0.0991. The molecule has 0 bridgehead atoms. The Bertz CT molecular complexity index is 781. The molecule has 1 atom stereocenters. The third-order valence-corrected chi connectivity index (χ3v) is 3.71. The quantitative estimate of drug-likeness (QED) is 0.647. The molecule has 0 radical (unpaired) electrons. The number of amides is 1. The Balaban J connectivity index is 1.95. The highest BCUT2D eigenvalue weighted by Gasteiger charge is 2.19. The number of esters is 1. The van der Waals surface area contributed by atoms with Crippen LogP contribution in [0.1, 0.15) is 35.3 Å². The summed E-state index contributed by atoms with van der Waals surface area (Å²) in [6.45, 7) is 4.89. The zero-order chi connectivity index (χ0) is 18.4. The Morgan fingerprint density at radius 1 is 1.04 bits per heavy atom. The van der Waals surface area contributed by atoms with Gasteiger partial charge in [0.25, 0.3) is 5.91 Å². The predicted octanol–water partition coefficient (Wildman–Crippen LogP) is 3.31. The van der Waals surface area contributed by atoms with Crippen molar-refractivity contribution in [2.24, 2.45) is 0 Å². The van der Waals surface area contributed by atoms with Gasteiger partial charge < -0.3 is 10.1 Å². The van der Waals surface area contributed by atoms with Crippen LogP contribution in [0.2, 0.25) is 0 Å². The zero-order valence-corrected chi connectivity index (χ0v) is 14.5. The van der Waals surface area contributed by atoms with Crippen LogP contribution in [0.3, 0.4) is 0 Å². The fourth-order valence-corrected chi connectivity index (χ4v) is 2.30. The lowest BCUT2D eigenvalue weighted by atomic mass is 10.1. The van der Waals surface area contributed by atoms with Crippen LogP contribution < -0.4 is 5.32 Å². The number of rotatable bonds is 6. The van der Waals surface area contributed by atoms with Crippen LogP contribution in [-0.2, 0) is 20.7 Å². The molecule has 0 heterocycles. The van der Waals surface area contributed by atoms with E-state index in [1.54, 1.807) is 24.3 Å². The second-order valence-electron chi connectivity index (χ2n) is 5.89. The Morgan fingerprint density at radius 3 is 2.32 bits per heavy atom. The number of para-hydroxylation sites is 1. The van der Waals surface area contributed by atoms with Gasteiger partial charge in [0, 0.05) is 5.56 Å². The van der Waals surface area contributed by atoms with Gasteiger partial charge in [-0.1, -0.05) is 42.0 Å². The molecule has 1 N–H and O–H groups in total. The molecule has 0 saturated carbocycles. The van der Waals surface area contributed by atoms with E-state index >= 15 is 0 Å². The minimum atomic E-state index is -0.960. The zero-order valence-electron chi connectivity index (χ0n) is 14.5. The van der Waals surface area contributed by atoms with Crippen LogP contribution >= 0.6 is 0 Å². The largest absolute Gasteiger partial charge is 0.452 e. The van der Waals surface area contributed by atoms with Crippen molar-refractivity contribution in [3.63, 3.8) is 0 Å². The molecule has 0 aliphatic heterocycles. The fraction of sp³-hybridized carbons (Fsp3) is 0.250. The first-order valence-corrected chi connectivity index (χ1v) is 8.02. The number of carbonyl (C=O) groups excluding carboxylic acids is 3. The first kappa shape index (κ1) is 18.4. The number of nitrogens with one attached hydrogen (secondary N) is 1. The van der Waals surface area contributed by atoms with Gasteiger partial charge in [0.1, 0.15) is 0 Å². The van der Waals surface area contributed by atoms with Crippen LogP contribution in [0.5, 0.6) is 0 Å². The molecule has 1 amide bonds. The number of hydrogen-bond donors (Lipinski definition) is 1. The lowest BCUT2D eigenvalue weighted by Gasteiger charge is -2.15. The summed E-state index contributed by atoms with van der Waals surface area (Å²) >= 11 is 0. The summed E-state index contributed by atoms with van der Waals surface area (Å²) in [7, 11) is 0. The van der Waals surface area contributed by atoms with Gasteiger partial charge in [-0.3, -0.25) is 14.4 Å². The van der Waals surface area contributed by atoms with Crippen LogP contribution in [0.4, 0.5) is 5.69 Å². The summed E-state index contributed by atoms with van der Waals surface area (Å²) < 4.78 is 5.18. The Labute approximate surface area is 147 Å². The van der Waals surface area contributed by atoms with Gasteiger partial charge in [-0.15, -0.1) is 0 Å². The molecule has 0 fully saturated rings. The van der Waals surface area contributed by atoms with E-state index < -0.39 is 18.0 Å². The number of benzene rings is 2. The summed E-state index contributed by atoms with van der Waals surface area (Å²) in [6.07, 6.45) is -0.861. The van der Waals surface area contributed by atoms with Crippen LogP contribution in [0.15, 0.2) is 48.5 Å². The standard InChI is InChI=1S/C20H21NO4/c1-13-8-10-16(11-9-13)12-19(23)25-15(3)20(24)21-18-7-5-4-6-17(18)14(2)22/h4-11,15H,12H2,1-3H3,(H,21,24)/t15-/m0/s1. The number of carbonyl (C=O) groups is 3. The predicted molar refractivity (Wildman–Crippen MR) is 95.5 cm³/mol. The van der Waals surface area contributed by atoms with Gasteiger partial charge in [0.05, 0.1) is 12.1 Å². The molecule has 2 rings (SSSR count). The number of anilines is 1. The van der Waals surface area contributed by atoms with Gasteiger partial charge in [0.2, 0.25) is 0 Å². The number of Topliss-reactive ketones (excluding diaryl/α,β-unsaturated/α-hetero) is 1. The van der Waals surface area contributed by atoms with Gasteiger partial charge >= 0.3 is 5.97 Å². The number of ether oxygens (including phenoxy) is 1. The van der Waals surface area contributed by atoms with E-state index in [2.05, 4.69) is 5.32 Å². The summed E-state index contributed by atoms with van der Waals surface area (Å²) in [5, 5.41) is 2.63. The number of ketones is 1. The topological polar surface area (TPSA) is 72.5 Å². The summed E-state index contributed by atoms with van der Waals surface area (Å²) in [6, 6.07) is 14.2. The molecule has 0 unspecified atom stereocenters. The van der Waals surface area contributed by atoms with Gasteiger partial charge in [-0.2, -0.15) is 0 Å². The highest BCUT2D eigenvalue weighted by molar-refractivity contribution is 6.04. The monoisotopic (exact) mass is 339 g/mol. The molecule has 0 aliphatic carbocycles. The third-order valence-electron chi connectivity index (χ3n) is 3.71. The molecule has 0 spiro atoms. The second-order valence-corrected chi connectivity index (χ2v) is 5.89. The number of hydrogen-bond acceptors (Lipinski definition) is 4. The SMILES string of the molecule is CC(=O)c1ccccc1NC(=O)[C@H](C)OC(=O)Cc1ccc(C)cc1. The molecule has 130 valence electrons. The van der Waals surface area contributed by atoms with Crippen molar-refractivity contribution < 1.29 is 19.1 Å². The van der Waals surface area contributed by atoms with Crippen molar-refractivity contribution in [2.45, 2.75) is 33.3 Å². The molecular formula is C20H21NO4. The minimum Gasteiger partial charge on any atom is -0.452 e. The molecule has 5 heteroatoms. The smallest absolute Gasteiger partial charge is 0.311 e. The van der Waals surface area contributed by atoms with Crippen LogP contribution in [0, 0.1) is 6.92 Å². The van der Waals surface area contributed by atoms with Crippen molar-refractivity contribution >= 4 is 23.3 Å². The van der Waals surface area contributed by atoms with Crippen molar-refractivity contribution in [2.75, 3.05) is 5.32 Å². The maximum absolute atomic E-state index is 12.2. The van der Waals surface area contributed by atoms with E-state index in [-0.39, 0.29) is 12.2 Å². The Morgan fingerprint density at radius 2 is 1.68 bits per heavy atom. The molecular weight excluding hydrogens is 318 g/mol. The average Bonchev–Trinajstić information content (AvgIpc) is 2.57. The van der Waals surface area contributed by atoms with Crippen molar-refractivity contribution in [1.82, 2.24) is 0 Å². The third kappa shape index (κ3) is 5.28. The van der Waals surface area contributed by atoms with Crippen molar-refractivity contribution in [1.29, 1.82) is 0 Å². The summed E-state index contributed by atoms with van der Waals surface area (Å²) in [4.78, 5) is 35.8. The summed E-state index contributed by atoms with van der Waals surface area (Å²) in [5.74, 6) is -1.11. The molecule has 5 nitrogen and oxygen atoms in total. The van der Waals surface area contributed by atoms with Crippen LogP contribution in [-0.4, -0.2) is 23.8 Å². The molecule has 0 saturated heterocycles. The van der Waals surface area contributed by atoms with Crippen LogP contribution in [0.25, 0.3) is 0 Å². The molecule has 0 aliphatic rings. The van der Waals surface area contributed by atoms with Crippen molar-refractivity contribution in [3.05, 3.63) is 65.2 Å². The van der Waals surface area contributed by atoms with E-state index in [1.165, 1.54) is 13.8 Å². The highest BCUT2D eigenvalue weighted by Crippen LogP contribution is 2.16. The van der Waals surface area contributed by atoms with Gasteiger partial charge in [0.15, 0.2) is 11.9 Å². The highest BCUT2D eigenvalue weighted by atomic mass is 16.5. The first-order valence-electron chi connectivity index (χ1n) is 8.02. The van der Waals surface area contributed by atoms with E-state index in [4.69, 9.17) is 4.74 Å². The maximum Gasteiger partial charge on any atom is 0.311 e. The fourth-order valence-electron chi connectivity index (χ4n) is 2.30. The molecule has 2 aromatic rings. The summed E-state index contributed by atoms with van der Waals surface area (Å²) in [5.41, 5.74) is 2.74. The number of aryl methyl sites for hydroxylation is 1. The first-order chi connectivity index (χ1) is 11.9. The lowest BCUT2D eigenvalue weighted by molar-refractivity contribution is -0.152.